The molecule has 0 radical (unpaired) electrons. The molecule has 1 aromatic rings. The summed E-state index contributed by atoms with van der Waals surface area (Å²) in [5.41, 5.74) is 6.66. The highest BCUT2D eigenvalue weighted by molar-refractivity contribution is 5.03. The third kappa shape index (κ3) is 2.56. The number of aromatic nitrogens is 2. The van der Waals surface area contributed by atoms with Crippen molar-refractivity contribution in [3.05, 3.63) is 18.2 Å². The summed E-state index contributed by atoms with van der Waals surface area (Å²) < 4.78 is 7.39. The van der Waals surface area contributed by atoms with Gasteiger partial charge in [0, 0.05) is 19.3 Å². The van der Waals surface area contributed by atoms with Crippen LogP contribution in [-0.2, 0) is 11.3 Å². The average molecular weight is 197 g/mol. The van der Waals surface area contributed by atoms with E-state index < -0.39 is 0 Å². The molecule has 0 aliphatic rings. The lowest BCUT2D eigenvalue weighted by atomic mass is 10.1. The molecular weight excluding hydrogens is 178 g/mol. The van der Waals surface area contributed by atoms with Crippen LogP contribution in [0.2, 0.25) is 0 Å². The molecule has 0 amide bonds. The summed E-state index contributed by atoms with van der Waals surface area (Å²) in [5, 5.41) is 0. The van der Waals surface area contributed by atoms with E-state index in [1.54, 1.807) is 19.6 Å². The Morgan fingerprint density at radius 3 is 2.79 bits per heavy atom. The topological polar surface area (TPSA) is 53.1 Å². The normalized spacial score (nSPS) is 14.4. The zero-order valence-corrected chi connectivity index (χ0v) is 9.32. The van der Waals surface area contributed by atoms with Gasteiger partial charge in [0.1, 0.15) is 0 Å². The number of rotatable bonds is 4. The van der Waals surface area contributed by atoms with Crippen LogP contribution in [0.4, 0.5) is 0 Å². The van der Waals surface area contributed by atoms with Crippen LogP contribution in [0.5, 0.6) is 0 Å². The lowest BCUT2D eigenvalue weighted by Gasteiger charge is -2.24. The third-order valence-corrected chi connectivity index (χ3v) is 2.31. The maximum Gasteiger partial charge on any atom is 0.0949 e. The van der Waals surface area contributed by atoms with Crippen molar-refractivity contribution in [2.75, 3.05) is 7.11 Å². The number of methoxy groups -OCH3 is 1. The Hall–Kier alpha value is -0.870. The fraction of sp³-hybridized carbons (Fsp3) is 0.700. The van der Waals surface area contributed by atoms with Gasteiger partial charge >= 0.3 is 0 Å². The monoisotopic (exact) mass is 197 g/mol. The Balaban J connectivity index is 2.81. The number of imidazole rings is 1. The molecule has 4 nitrogen and oxygen atoms in total. The standard InChI is InChI=1S/C10H19N3O/c1-8(11)9-5-12-7-13(9)6-10(2,3)14-4/h5,7-8H,6,11H2,1-4H3/t8-/m0/s1. The molecule has 1 rings (SSSR count). The van der Waals surface area contributed by atoms with E-state index in [1.807, 2.05) is 25.3 Å². The van der Waals surface area contributed by atoms with E-state index in [0.717, 1.165) is 12.2 Å². The van der Waals surface area contributed by atoms with Crippen LogP contribution in [-0.4, -0.2) is 22.3 Å². The Morgan fingerprint density at radius 1 is 1.64 bits per heavy atom. The first-order valence-electron chi connectivity index (χ1n) is 4.77. The van der Waals surface area contributed by atoms with Gasteiger partial charge in [-0.05, 0) is 20.8 Å². The predicted molar refractivity (Wildman–Crippen MR) is 55.9 cm³/mol. The molecule has 0 fully saturated rings. The highest BCUT2D eigenvalue weighted by atomic mass is 16.5. The van der Waals surface area contributed by atoms with Crippen LogP contribution in [0.25, 0.3) is 0 Å². The number of nitrogens with zero attached hydrogens (tertiary/aromatic N) is 2. The van der Waals surface area contributed by atoms with Crippen molar-refractivity contribution in [3.8, 4) is 0 Å². The largest absolute Gasteiger partial charge is 0.377 e. The Morgan fingerprint density at radius 2 is 2.29 bits per heavy atom. The minimum atomic E-state index is -0.190. The van der Waals surface area contributed by atoms with Crippen molar-refractivity contribution in [2.24, 2.45) is 5.73 Å². The van der Waals surface area contributed by atoms with E-state index in [2.05, 4.69) is 4.98 Å². The molecule has 0 aromatic carbocycles. The van der Waals surface area contributed by atoms with Gasteiger partial charge in [-0.25, -0.2) is 4.98 Å². The van der Waals surface area contributed by atoms with Crippen molar-refractivity contribution >= 4 is 0 Å². The van der Waals surface area contributed by atoms with Crippen LogP contribution in [0, 0.1) is 0 Å². The minimum absolute atomic E-state index is 0.00477. The number of hydrogen-bond donors (Lipinski definition) is 1. The SMILES string of the molecule is COC(C)(C)Cn1cncc1[C@H](C)N. The highest BCUT2D eigenvalue weighted by Crippen LogP contribution is 2.15. The summed E-state index contributed by atoms with van der Waals surface area (Å²) in [7, 11) is 1.71. The molecule has 14 heavy (non-hydrogen) atoms. The highest BCUT2D eigenvalue weighted by Gasteiger charge is 2.19. The lowest BCUT2D eigenvalue weighted by molar-refractivity contribution is 0.00743. The fourth-order valence-corrected chi connectivity index (χ4v) is 1.32. The first kappa shape index (κ1) is 11.2. The molecule has 1 heterocycles. The van der Waals surface area contributed by atoms with Crippen molar-refractivity contribution in [1.82, 2.24) is 9.55 Å². The summed E-state index contributed by atoms with van der Waals surface area (Å²) in [4.78, 5) is 4.09. The maximum absolute atomic E-state index is 5.82. The van der Waals surface area contributed by atoms with Gasteiger partial charge in [0.25, 0.3) is 0 Å². The van der Waals surface area contributed by atoms with Gasteiger partial charge in [0.05, 0.1) is 24.2 Å². The third-order valence-electron chi connectivity index (χ3n) is 2.31. The molecule has 0 unspecified atom stereocenters. The van der Waals surface area contributed by atoms with Crippen molar-refractivity contribution < 1.29 is 4.74 Å². The van der Waals surface area contributed by atoms with Crippen LogP contribution in [0.3, 0.4) is 0 Å². The van der Waals surface area contributed by atoms with Gasteiger partial charge in [-0.3, -0.25) is 0 Å². The Bertz CT molecular complexity index is 291. The minimum Gasteiger partial charge on any atom is -0.377 e. The van der Waals surface area contributed by atoms with E-state index in [1.165, 1.54) is 0 Å². The average Bonchev–Trinajstić information content (AvgIpc) is 2.51. The van der Waals surface area contributed by atoms with E-state index in [9.17, 15) is 0 Å². The van der Waals surface area contributed by atoms with E-state index in [4.69, 9.17) is 10.5 Å². The zero-order valence-electron chi connectivity index (χ0n) is 9.32. The zero-order chi connectivity index (χ0) is 10.8. The van der Waals surface area contributed by atoms with Crippen LogP contribution in [0.15, 0.2) is 12.5 Å². The molecule has 1 aromatic heterocycles. The first-order chi connectivity index (χ1) is 6.46. The van der Waals surface area contributed by atoms with Gasteiger partial charge in [-0.1, -0.05) is 0 Å². The molecule has 0 bridgehead atoms. The van der Waals surface area contributed by atoms with E-state index >= 15 is 0 Å². The predicted octanol–water partition coefficient (Wildman–Crippen LogP) is 1.33. The van der Waals surface area contributed by atoms with Crippen LogP contribution < -0.4 is 5.73 Å². The molecule has 0 saturated heterocycles. The van der Waals surface area contributed by atoms with Gasteiger partial charge in [-0.2, -0.15) is 0 Å². The molecule has 0 aliphatic heterocycles. The summed E-state index contributed by atoms with van der Waals surface area (Å²) in [6, 6.07) is 0.00477. The van der Waals surface area contributed by atoms with Crippen molar-refractivity contribution in [1.29, 1.82) is 0 Å². The number of nitrogens with two attached hydrogens (primary N) is 1. The van der Waals surface area contributed by atoms with Crippen LogP contribution >= 0.6 is 0 Å². The van der Waals surface area contributed by atoms with E-state index in [0.29, 0.717) is 0 Å². The second-order valence-electron chi connectivity index (χ2n) is 4.20. The number of ether oxygens (including phenoxy) is 1. The van der Waals surface area contributed by atoms with Gasteiger partial charge < -0.3 is 15.0 Å². The second kappa shape index (κ2) is 4.11. The quantitative estimate of drug-likeness (QED) is 0.792. The number of hydrogen-bond acceptors (Lipinski definition) is 3. The Labute approximate surface area is 85.1 Å². The van der Waals surface area contributed by atoms with Gasteiger partial charge in [0.2, 0.25) is 0 Å². The van der Waals surface area contributed by atoms with Crippen molar-refractivity contribution in [3.63, 3.8) is 0 Å². The van der Waals surface area contributed by atoms with Crippen LogP contribution in [0.1, 0.15) is 32.5 Å². The van der Waals surface area contributed by atoms with Crippen molar-refractivity contribution in [2.45, 2.75) is 39.0 Å². The molecule has 1 atom stereocenters. The van der Waals surface area contributed by atoms with Gasteiger partial charge in [0.15, 0.2) is 0 Å². The maximum atomic E-state index is 5.82. The summed E-state index contributed by atoms with van der Waals surface area (Å²) >= 11 is 0. The lowest BCUT2D eigenvalue weighted by Crippen LogP contribution is -2.30. The van der Waals surface area contributed by atoms with Gasteiger partial charge in [-0.15, -0.1) is 0 Å². The summed E-state index contributed by atoms with van der Waals surface area (Å²) in [5.74, 6) is 0. The smallest absolute Gasteiger partial charge is 0.0949 e. The molecule has 4 heteroatoms. The second-order valence-corrected chi connectivity index (χ2v) is 4.20. The molecule has 0 aliphatic carbocycles. The molecular formula is C10H19N3O. The summed E-state index contributed by atoms with van der Waals surface area (Å²) in [6.45, 7) is 6.80. The molecule has 80 valence electrons. The molecule has 2 N–H and O–H groups in total. The summed E-state index contributed by atoms with van der Waals surface area (Å²) in [6.07, 6.45) is 3.59. The Kier molecular flexibility index (Phi) is 3.29. The first-order valence-corrected chi connectivity index (χ1v) is 4.77. The molecule has 0 saturated carbocycles. The molecule has 0 spiro atoms. The van der Waals surface area contributed by atoms with E-state index in [-0.39, 0.29) is 11.6 Å². The fourth-order valence-electron chi connectivity index (χ4n) is 1.32.